The van der Waals surface area contributed by atoms with Gasteiger partial charge in [-0.2, -0.15) is 0 Å². The van der Waals surface area contributed by atoms with Crippen molar-refractivity contribution in [2.45, 2.75) is 12.5 Å². The van der Waals surface area contributed by atoms with E-state index in [1.165, 1.54) is 16.5 Å². The lowest BCUT2D eigenvalue weighted by Gasteiger charge is -2.24. The highest BCUT2D eigenvalue weighted by Crippen LogP contribution is 2.11. The van der Waals surface area contributed by atoms with Gasteiger partial charge in [0.05, 0.1) is 16.6 Å². The molecule has 32 heavy (non-hydrogen) atoms. The second-order valence-electron chi connectivity index (χ2n) is 8.00. The second kappa shape index (κ2) is 9.58. The SMILES string of the molecule is CN(C)C(CNC(=O)c1ccc(-n2cnc3ccccc3c2=O)cc1)Cc1ccccc1. The van der Waals surface area contributed by atoms with Gasteiger partial charge >= 0.3 is 0 Å². The monoisotopic (exact) mass is 426 g/mol. The number of para-hydroxylation sites is 1. The molecule has 6 nitrogen and oxygen atoms in total. The summed E-state index contributed by atoms with van der Waals surface area (Å²) in [7, 11) is 4.04. The molecule has 1 atom stereocenters. The molecule has 1 amide bonds. The highest BCUT2D eigenvalue weighted by molar-refractivity contribution is 5.94. The van der Waals surface area contributed by atoms with Crippen LogP contribution in [0.4, 0.5) is 0 Å². The van der Waals surface area contributed by atoms with E-state index in [2.05, 4.69) is 27.3 Å². The number of likely N-dealkylation sites (N-methyl/N-ethyl adjacent to an activating group) is 1. The third kappa shape index (κ3) is 4.76. The molecule has 0 saturated carbocycles. The summed E-state index contributed by atoms with van der Waals surface area (Å²) in [6.45, 7) is 0.538. The van der Waals surface area contributed by atoms with Crippen LogP contribution in [0.3, 0.4) is 0 Å². The number of nitrogens with one attached hydrogen (secondary N) is 1. The minimum Gasteiger partial charge on any atom is -0.350 e. The first-order chi connectivity index (χ1) is 15.5. The first kappa shape index (κ1) is 21.5. The number of benzene rings is 3. The van der Waals surface area contributed by atoms with Gasteiger partial charge in [-0.3, -0.25) is 14.2 Å². The third-order valence-electron chi connectivity index (χ3n) is 5.62. The highest BCUT2D eigenvalue weighted by Gasteiger charge is 2.15. The first-order valence-electron chi connectivity index (χ1n) is 10.6. The molecular formula is C26H26N4O2. The van der Waals surface area contributed by atoms with Crippen LogP contribution in [0.15, 0.2) is 90.0 Å². The Hall–Kier alpha value is -3.77. The number of carbonyl (C=O) groups is 1. The molecule has 1 unspecified atom stereocenters. The Labute approximate surface area is 187 Å². The number of hydrogen-bond acceptors (Lipinski definition) is 4. The molecule has 0 fully saturated rings. The van der Waals surface area contributed by atoms with Crippen molar-refractivity contribution in [3.63, 3.8) is 0 Å². The molecule has 3 aromatic carbocycles. The van der Waals surface area contributed by atoms with Gasteiger partial charge in [0.25, 0.3) is 11.5 Å². The van der Waals surface area contributed by atoms with Gasteiger partial charge in [-0.15, -0.1) is 0 Å². The van der Waals surface area contributed by atoms with Gasteiger partial charge in [-0.05, 0) is 62.5 Å². The van der Waals surface area contributed by atoms with E-state index >= 15 is 0 Å². The molecule has 6 heteroatoms. The summed E-state index contributed by atoms with van der Waals surface area (Å²) in [6.07, 6.45) is 2.37. The normalized spacial score (nSPS) is 12.1. The lowest BCUT2D eigenvalue weighted by molar-refractivity contribution is 0.0941. The van der Waals surface area contributed by atoms with Gasteiger partial charge in [0, 0.05) is 18.2 Å². The summed E-state index contributed by atoms with van der Waals surface area (Å²) in [4.78, 5) is 32.0. The Morgan fingerprint density at radius 3 is 2.38 bits per heavy atom. The van der Waals surface area contributed by atoms with Crippen LogP contribution in [-0.4, -0.2) is 47.0 Å². The summed E-state index contributed by atoms with van der Waals surface area (Å²) in [5.74, 6) is -0.138. The number of carbonyl (C=O) groups excluding carboxylic acids is 1. The molecular weight excluding hydrogens is 400 g/mol. The maximum atomic E-state index is 12.8. The van der Waals surface area contributed by atoms with E-state index in [0.29, 0.717) is 28.7 Å². The quantitative estimate of drug-likeness (QED) is 0.493. The number of amides is 1. The molecule has 0 radical (unpaired) electrons. The Balaban J connectivity index is 1.45. The molecule has 4 rings (SSSR count). The summed E-state index contributed by atoms with van der Waals surface area (Å²) in [5, 5.41) is 3.59. The molecule has 1 heterocycles. The predicted octanol–water partition coefficient (Wildman–Crippen LogP) is 3.29. The average Bonchev–Trinajstić information content (AvgIpc) is 2.82. The van der Waals surface area contributed by atoms with Crippen molar-refractivity contribution in [3.05, 3.63) is 107 Å². The summed E-state index contributed by atoms with van der Waals surface area (Å²) < 4.78 is 1.49. The first-order valence-corrected chi connectivity index (χ1v) is 10.6. The second-order valence-corrected chi connectivity index (χ2v) is 8.00. The molecule has 1 N–H and O–H groups in total. The number of rotatable bonds is 7. The van der Waals surface area contributed by atoms with Crippen molar-refractivity contribution in [1.82, 2.24) is 19.8 Å². The lowest BCUT2D eigenvalue weighted by atomic mass is 10.0. The fourth-order valence-electron chi connectivity index (χ4n) is 3.66. The van der Waals surface area contributed by atoms with E-state index in [0.717, 1.165) is 6.42 Å². The van der Waals surface area contributed by atoms with E-state index in [-0.39, 0.29) is 17.5 Å². The Morgan fingerprint density at radius 2 is 1.66 bits per heavy atom. The van der Waals surface area contributed by atoms with Crippen LogP contribution in [0.5, 0.6) is 0 Å². The summed E-state index contributed by atoms with van der Waals surface area (Å²) in [6, 6.07) is 24.7. The van der Waals surface area contributed by atoms with Crippen molar-refractivity contribution in [3.8, 4) is 5.69 Å². The van der Waals surface area contributed by atoms with E-state index in [9.17, 15) is 9.59 Å². The largest absolute Gasteiger partial charge is 0.350 e. The summed E-state index contributed by atoms with van der Waals surface area (Å²) >= 11 is 0. The summed E-state index contributed by atoms with van der Waals surface area (Å²) in [5.41, 5.74) is 2.98. The lowest BCUT2D eigenvalue weighted by Crippen LogP contribution is -2.41. The van der Waals surface area contributed by atoms with Gasteiger partial charge in [0.1, 0.15) is 6.33 Å². The molecule has 1 aromatic heterocycles. The molecule has 0 aliphatic carbocycles. The molecule has 0 aliphatic heterocycles. The molecule has 0 saturated heterocycles. The van der Waals surface area contributed by atoms with Crippen molar-refractivity contribution < 1.29 is 4.79 Å². The Bertz CT molecular complexity index is 1260. The fourth-order valence-corrected chi connectivity index (χ4v) is 3.66. The molecule has 0 bridgehead atoms. The number of nitrogens with zero attached hydrogens (tertiary/aromatic N) is 3. The topological polar surface area (TPSA) is 67.2 Å². The molecule has 0 aliphatic rings. The van der Waals surface area contributed by atoms with Crippen LogP contribution in [0.25, 0.3) is 16.6 Å². The zero-order chi connectivity index (χ0) is 22.5. The van der Waals surface area contributed by atoms with Crippen LogP contribution < -0.4 is 10.9 Å². The van der Waals surface area contributed by atoms with Crippen LogP contribution in [-0.2, 0) is 6.42 Å². The zero-order valence-corrected chi connectivity index (χ0v) is 18.2. The van der Waals surface area contributed by atoms with E-state index in [4.69, 9.17) is 0 Å². The number of aromatic nitrogens is 2. The minimum atomic E-state index is -0.138. The van der Waals surface area contributed by atoms with Gasteiger partial charge in [0.15, 0.2) is 0 Å². The smallest absolute Gasteiger partial charge is 0.265 e. The third-order valence-corrected chi connectivity index (χ3v) is 5.62. The van der Waals surface area contributed by atoms with E-state index < -0.39 is 0 Å². The van der Waals surface area contributed by atoms with Gasteiger partial charge in [-0.25, -0.2) is 4.98 Å². The average molecular weight is 427 g/mol. The Kier molecular flexibility index (Phi) is 6.42. The van der Waals surface area contributed by atoms with Crippen LogP contribution >= 0.6 is 0 Å². The Morgan fingerprint density at radius 1 is 0.969 bits per heavy atom. The fraction of sp³-hybridized carbons (Fsp3) is 0.192. The number of hydrogen-bond donors (Lipinski definition) is 1. The molecule has 4 aromatic rings. The molecule has 162 valence electrons. The number of fused-ring (bicyclic) bond motifs is 1. The van der Waals surface area contributed by atoms with Crippen molar-refractivity contribution in [1.29, 1.82) is 0 Å². The maximum absolute atomic E-state index is 12.8. The van der Waals surface area contributed by atoms with E-state index in [1.807, 2.05) is 50.5 Å². The van der Waals surface area contributed by atoms with Crippen LogP contribution in [0, 0.1) is 0 Å². The maximum Gasteiger partial charge on any atom is 0.265 e. The van der Waals surface area contributed by atoms with E-state index in [1.54, 1.807) is 30.3 Å². The van der Waals surface area contributed by atoms with Crippen LogP contribution in [0.2, 0.25) is 0 Å². The highest BCUT2D eigenvalue weighted by atomic mass is 16.1. The van der Waals surface area contributed by atoms with Gasteiger partial charge in [0.2, 0.25) is 0 Å². The zero-order valence-electron chi connectivity index (χ0n) is 18.2. The van der Waals surface area contributed by atoms with Crippen LogP contribution in [0.1, 0.15) is 15.9 Å². The van der Waals surface area contributed by atoms with Gasteiger partial charge in [-0.1, -0.05) is 42.5 Å². The standard InChI is InChI=1S/C26H26N4O2/c1-29(2)22(16-19-8-4-3-5-9-19)17-27-25(31)20-12-14-21(15-13-20)30-18-28-24-11-7-6-10-23(24)26(30)32/h3-15,18,22H,16-17H2,1-2H3,(H,27,31). The van der Waals surface area contributed by atoms with Crippen molar-refractivity contribution >= 4 is 16.8 Å². The van der Waals surface area contributed by atoms with Crippen molar-refractivity contribution in [2.75, 3.05) is 20.6 Å². The van der Waals surface area contributed by atoms with Gasteiger partial charge < -0.3 is 10.2 Å². The predicted molar refractivity (Wildman–Crippen MR) is 127 cm³/mol. The minimum absolute atomic E-state index is 0.137. The molecule has 0 spiro atoms. The van der Waals surface area contributed by atoms with Crippen molar-refractivity contribution in [2.24, 2.45) is 0 Å².